The van der Waals surface area contributed by atoms with Crippen molar-refractivity contribution < 1.29 is 9.57 Å². The highest BCUT2D eigenvalue weighted by atomic mass is 32.1. The Morgan fingerprint density at radius 1 is 1.33 bits per heavy atom. The van der Waals surface area contributed by atoms with Crippen molar-refractivity contribution in [2.75, 3.05) is 0 Å². The molecule has 90 valence electrons. The molecule has 4 nitrogen and oxygen atoms in total. The van der Waals surface area contributed by atoms with Crippen LogP contribution >= 0.6 is 11.3 Å². The van der Waals surface area contributed by atoms with Gasteiger partial charge in [-0.2, -0.15) is 0 Å². The third-order valence-corrected chi connectivity index (χ3v) is 3.96. The Kier molecular flexibility index (Phi) is 1.89. The van der Waals surface area contributed by atoms with Gasteiger partial charge in [-0.1, -0.05) is 12.1 Å². The third kappa shape index (κ3) is 1.32. The van der Waals surface area contributed by atoms with Gasteiger partial charge >= 0.3 is 5.85 Å². The van der Waals surface area contributed by atoms with Crippen molar-refractivity contribution in [1.82, 2.24) is 5.06 Å². The molecule has 1 atom stereocenters. The van der Waals surface area contributed by atoms with Gasteiger partial charge < -0.3 is 4.74 Å². The number of rotatable bonds is 2. The lowest BCUT2D eigenvalue weighted by molar-refractivity contribution is 0.229. The molecule has 4 rings (SSSR count). The van der Waals surface area contributed by atoms with Crippen LogP contribution < -0.4 is 10.5 Å². The van der Waals surface area contributed by atoms with Crippen molar-refractivity contribution in [1.29, 1.82) is 0 Å². The zero-order valence-electron chi connectivity index (χ0n) is 9.37. The average Bonchev–Trinajstić information content (AvgIpc) is 2.85. The fraction of sp³-hybridized carbons (Fsp3) is 0.0769. The van der Waals surface area contributed by atoms with E-state index in [4.69, 9.17) is 15.3 Å². The van der Waals surface area contributed by atoms with Crippen molar-refractivity contribution >= 4 is 21.4 Å². The zero-order valence-corrected chi connectivity index (χ0v) is 10.2. The minimum atomic E-state index is -0.922. The molecule has 2 aliphatic heterocycles. The average molecular weight is 258 g/mol. The summed E-state index contributed by atoms with van der Waals surface area (Å²) in [5.41, 5.74) is 6.03. The second-order valence-electron chi connectivity index (χ2n) is 4.18. The van der Waals surface area contributed by atoms with Gasteiger partial charge in [0, 0.05) is 6.20 Å². The van der Waals surface area contributed by atoms with Crippen molar-refractivity contribution in [3.8, 4) is 5.75 Å². The van der Waals surface area contributed by atoms with E-state index in [2.05, 4.69) is 12.1 Å². The Morgan fingerprint density at radius 3 is 3.22 bits per heavy atom. The molecule has 18 heavy (non-hydrogen) atoms. The van der Waals surface area contributed by atoms with Crippen LogP contribution in [0.15, 0.2) is 53.8 Å². The maximum Gasteiger partial charge on any atom is 0.301 e. The fourth-order valence-electron chi connectivity index (χ4n) is 2.02. The van der Waals surface area contributed by atoms with E-state index in [-0.39, 0.29) is 0 Å². The molecule has 0 bridgehead atoms. The normalized spacial score (nSPS) is 24.9. The molecule has 1 aromatic heterocycles. The van der Waals surface area contributed by atoms with Gasteiger partial charge in [0.2, 0.25) is 0 Å². The number of fused-ring (bicyclic) bond motifs is 2. The van der Waals surface area contributed by atoms with Crippen LogP contribution in [0.5, 0.6) is 5.75 Å². The van der Waals surface area contributed by atoms with Gasteiger partial charge in [0.05, 0.1) is 4.70 Å². The Labute approximate surface area is 107 Å². The number of nitrogens with zero attached hydrogens (tertiary/aromatic N) is 1. The second kappa shape index (κ2) is 3.35. The highest BCUT2D eigenvalue weighted by Crippen LogP contribution is 2.41. The molecular weight excluding hydrogens is 248 g/mol. The van der Waals surface area contributed by atoms with Gasteiger partial charge in [0.15, 0.2) is 5.76 Å². The van der Waals surface area contributed by atoms with E-state index in [9.17, 15) is 0 Å². The van der Waals surface area contributed by atoms with Crippen molar-refractivity contribution in [2.24, 2.45) is 5.73 Å². The number of nitrogens with two attached hydrogens (primary N) is 1. The second-order valence-corrected chi connectivity index (χ2v) is 5.10. The van der Waals surface area contributed by atoms with Crippen LogP contribution in [0.25, 0.3) is 10.1 Å². The molecule has 5 heteroatoms. The predicted octanol–water partition coefficient (Wildman–Crippen LogP) is 2.55. The van der Waals surface area contributed by atoms with Crippen LogP contribution in [-0.2, 0) is 4.84 Å². The maximum atomic E-state index is 6.03. The van der Waals surface area contributed by atoms with E-state index < -0.39 is 5.85 Å². The van der Waals surface area contributed by atoms with E-state index in [1.54, 1.807) is 22.6 Å². The first-order valence-corrected chi connectivity index (χ1v) is 6.46. The quantitative estimate of drug-likeness (QED) is 0.841. The minimum Gasteiger partial charge on any atom is -0.453 e. The molecule has 3 heterocycles. The molecule has 2 aliphatic rings. The first kappa shape index (κ1) is 10.1. The van der Waals surface area contributed by atoms with Gasteiger partial charge in [0.25, 0.3) is 0 Å². The zero-order chi connectivity index (χ0) is 12.2. The number of benzene rings is 1. The first-order valence-electron chi connectivity index (χ1n) is 5.58. The van der Waals surface area contributed by atoms with Gasteiger partial charge in [-0.3, -0.25) is 5.73 Å². The highest BCUT2D eigenvalue weighted by molar-refractivity contribution is 7.17. The van der Waals surface area contributed by atoms with Gasteiger partial charge in [-0.05, 0) is 35.1 Å². The summed E-state index contributed by atoms with van der Waals surface area (Å²) in [6, 6.07) is 8.04. The van der Waals surface area contributed by atoms with E-state index in [1.807, 2.05) is 29.7 Å². The maximum absolute atomic E-state index is 6.03. The molecule has 0 radical (unpaired) electrons. The SMILES string of the molecule is NC12ON1C=CC=C2Oc1cccc2ccsc12. The Morgan fingerprint density at radius 2 is 2.28 bits per heavy atom. The molecule has 0 aliphatic carbocycles. The smallest absolute Gasteiger partial charge is 0.301 e. The molecule has 1 fully saturated rings. The molecule has 0 spiro atoms. The number of hydrogen-bond donors (Lipinski definition) is 1. The number of ether oxygens (including phenoxy) is 1. The standard InChI is InChI=1S/C13H10N2O2S/c14-13-11(5-2-7-15(13)17-13)16-10-4-1-3-9-6-8-18-12(9)10/h1-8H,14H2. The van der Waals surface area contributed by atoms with Crippen molar-refractivity contribution in [3.05, 3.63) is 53.8 Å². The Bertz CT molecular complexity index is 691. The lowest BCUT2D eigenvalue weighted by Crippen LogP contribution is -2.34. The summed E-state index contributed by atoms with van der Waals surface area (Å²) in [6.45, 7) is 0. The van der Waals surface area contributed by atoms with Crippen LogP contribution in [-0.4, -0.2) is 10.9 Å². The van der Waals surface area contributed by atoms with Gasteiger partial charge in [-0.25, -0.2) is 9.90 Å². The lowest BCUT2D eigenvalue weighted by atomic mass is 10.2. The Hall–Kier alpha value is -1.82. The highest BCUT2D eigenvalue weighted by Gasteiger charge is 2.56. The van der Waals surface area contributed by atoms with Crippen molar-refractivity contribution in [3.63, 3.8) is 0 Å². The Balaban J connectivity index is 1.75. The molecule has 2 N–H and O–H groups in total. The van der Waals surface area contributed by atoms with E-state index in [1.165, 1.54) is 5.39 Å². The van der Waals surface area contributed by atoms with Gasteiger partial charge in [0.1, 0.15) is 5.75 Å². The summed E-state index contributed by atoms with van der Waals surface area (Å²) in [5, 5.41) is 4.78. The predicted molar refractivity (Wildman–Crippen MR) is 69.5 cm³/mol. The molecule has 2 aromatic rings. The summed E-state index contributed by atoms with van der Waals surface area (Å²) in [5.74, 6) is 0.490. The van der Waals surface area contributed by atoms with Gasteiger partial charge in [-0.15, -0.1) is 11.3 Å². The minimum absolute atomic E-state index is 0.603. The number of thiophene rings is 1. The monoisotopic (exact) mass is 258 g/mol. The largest absolute Gasteiger partial charge is 0.453 e. The fourth-order valence-corrected chi connectivity index (χ4v) is 2.87. The van der Waals surface area contributed by atoms with Crippen LogP contribution in [0.1, 0.15) is 0 Å². The molecule has 1 saturated heterocycles. The van der Waals surface area contributed by atoms with E-state index in [0.29, 0.717) is 5.76 Å². The molecule has 0 amide bonds. The molecule has 0 saturated carbocycles. The summed E-state index contributed by atoms with van der Waals surface area (Å²) in [7, 11) is 0. The number of hydroxylamine groups is 2. The summed E-state index contributed by atoms with van der Waals surface area (Å²) < 4.78 is 7.03. The lowest BCUT2D eigenvalue weighted by Gasteiger charge is -2.14. The topological polar surface area (TPSA) is 50.8 Å². The first-order chi connectivity index (χ1) is 8.77. The third-order valence-electron chi connectivity index (χ3n) is 3.02. The van der Waals surface area contributed by atoms with Crippen LogP contribution in [0.2, 0.25) is 0 Å². The van der Waals surface area contributed by atoms with E-state index >= 15 is 0 Å². The van der Waals surface area contributed by atoms with Crippen LogP contribution in [0.3, 0.4) is 0 Å². The number of allylic oxidation sites excluding steroid dienone is 2. The van der Waals surface area contributed by atoms with Crippen LogP contribution in [0, 0.1) is 0 Å². The van der Waals surface area contributed by atoms with Crippen molar-refractivity contribution in [2.45, 2.75) is 5.85 Å². The molecular formula is C13H10N2O2S. The summed E-state index contributed by atoms with van der Waals surface area (Å²) in [6.07, 6.45) is 5.45. The number of hydrogen-bond acceptors (Lipinski definition) is 5. The molecule has 1 unspecified atom stereocenters. The summed E-state index contributed by atoms with van der Waals surface area (Å²) >= 11 is 1.65. The summed E-state index contributed by atoms with van der Waals surface area (Å²) in [4.78, 5) is 5.28. The molecule has 1 aromatic carbocycles. The van der Waals surface area contributed by atoms with E-state index in [0.717, 1.165) is 10.4 Å². The van der Waals surface area contributed by atoms with Crippen LogP contribution in [0.4, 0.5) is 0 Å².